The highest BCUT2D eigenvalue weighted by atomic mass is 35.5. The monoisotopic (exact) mass is 248 g/mol. The number of hydrogen-bond acceptors (Lipinski definition) is 3. The van der Waals surface area contributed by atoms with Crippen molar-refractivity contribution in [2.75, 3.05) is 26.7 Å². The number of hydrogen-bond donors (Lipinski definition) is 1. The zero-order chi connectivity index (χ0) is 10.9. The second-order valence-electron chi connectivity index (χ2n) is 5.51. The lowest BCUT2D eigenvalue weighted by Gasteiger charge is -2.40. The molecule has 0 spiro atoms. The predicted molar refractivity (Wildman–Crippen MR) is 69.0 cm³/mol. The van der Waals surface area contributed by atoms with Crippen molar-refractivity contribution in [3.8, 4) is 0 Å². The third-order valence-corrected chi connectivity index (χ3v) is 3.81. The molecule has 2 saturated heterocycles. The van der Waals surface area contributed by atoms with Gasteiger partial charge in [-0.15, -0.1) is 12.4 Å². The Labute approximate surface area is 105 Å². The molecule has 2 fully saturated rings. The summed E-state index contributed by atoms with van der Waals surface area (Å²) in [6, 6.07) is 0.705. The Kier molecular flexibility index (Phi) is 5.05. The van der Waals surface area contributed by atoms with Crippen LogP contribution in [-0.4, -0.2) is 43.4 Å². The number of rotatable bonds is 2. The van der Waals surface area contributed by atoms with Gasteiger partial charge in [-0.1, -0.05) is 6.92 Å². The van der Waals surface area contributed by atoms with Gasteiger partial charge in [0.25, 0.3) is 0 Å². The van der Waals surface area contributed by atoms with Gasteiger partial charge in [0.05, 0.1) is 6.61 Å². The molecule has 0 aromatic rings. The maximum absolute atomic E-state index is 5.95. The van der Waals surface area contributed by atoms with Crippen molar-refractivity contribution >= 4 is 12.4 Å². The van der Waals surface area contributed by atoms with Crippen LogP contribution in [0.3, 0.4) is 0 Å². The standard InChI is InChI=1S/C12H24N2O.ClH/c1-10-8-13-12(2,15-9-10)7-11-5-4-6-14(11)3;/h10-11,13H,4-9H2,1-3H3;1H. The maximum Gasteiger partial charge on any atom is 0.117 e. The molecule has 2 aliphatic heterocycles. The summed E-state index contributed by atoms with van der Waals surface area (Å²) in [5.74, 6) is 0.652. The summed E-state index contributed by atoms with van der Waals surface area (Å²) in [5.41, 5.74) is -0.0875. The van der Waals surface area contributed by atoms with Crippen LogP contribution in [0.15, 0.2) is 0 Å². The SMILES string of the molecule is CC1CNC(C)(CC2CCCN2C)OC1.Cl. The van der Waals surface area contributed by atoms with Crippen molar-refractivity contribution in [2.45, 2.75) is 44.9 Å². The fourth-order valence-corrected chi connectivity index (χ4v) is 2.64. The molecule has 1 N–H and O–H groups in total. The minimum absolute atomic E-state index is 0. The van der Waals surface area contributed by atoms with E-state index in [1.165, 1.54) is 19.4 Å². The third kappa shape index (κ3) is 3.33. The lowest BCUT2D eigenvalue weighted by Crippen LogP contribution is -2.54. The van der Waals surface area contributed by atoms with Gasteiger partial charge in [0.15, 0.2) is 0 Å². The maximum atomic E-state index is 5.95. The van der Waals surface area contributed by atoms with Crippen molar-refractivity contribution in [2.24, 2.45) is 5.92 Å². The first-order valence-electron chi connectivity index (χ1n) is 6.18. The second-order valence-corrected chi connectivity index (χ2v) is 5.51. The van der Waals surface area contributed by atoms with Crippen LogP contribution in [-0.2, 0) is 4.74 Å². The highest BCUT2D eigenvalue weighted by molar-refractivity contribution is 5.85. The summed E-state index contributed by atoms with van der Waals surface area (Å²) in [6.07, 6.45) is 3.79. The van der Waals surface area contributed by atoms with Crippen LogP contribution in [0.25, 0.3) is 0 Å². The molecule has 2 heterocycles. The van der Waals surface area contributed by atoms with Gasteiger partial charge < -0.3 is 9.64 Å². The van der Waals surface area contributed by atoms with E-state index in [4.69, 9.17) is 4.74 Å². The first kappa shape index (κ1) is 14.2. The Morgan fingerprint density at radius 3 is 2.75 bits per heavy atom. The van der Waals surface area contributed by atoms with Gasteiger partial charge >= 0.3 is 0 Å². The van der Waals surface area contributed by atoms with Gasteiger partial charge in [0.1, 0.15) is 5.72 Å². The molecule has 0 saturated carbocycles. The topological polar surface area (TPSA) is 24.5 Å². The van der Waals surface area contributed by atoms with E-state index < -0.39 is 0 Å². The molecule has 2 aliphatic rings. The fourth-order valence-electron chi connectivity index (χ4n) is 2.64. The van der Waals surface area contributed by atoms with Gasteiger partial charge in [-0.05, 0) is 39.3 Å². The molecule has 0 bridgehead atoms. The van der Waals surface area contributed by atoms with Gasteiger partial charge in [-0.3, -0.25) is 5.32 Å². The quantitative estimate of drug-likeness (QED) is 0.808. The predicted octanol–water partition coefficient (Wildman–Crippen LogP) is 1.86. The summed E-state index contributed by atoms with van der Waals surface area (Å²) in [6.45, 7) is 7.67. The molecule has 0 aromatic heterocycles. The van der Waals surface area contributed by atoms with E-state index in [0.29, 0.717) is 12.0 Å². The first-order chi connectivity index (χ1) is 7.09. The molecular formula is C12H25ClN2O. The molecule has 2 rings (SSSR count). The van der Waals surface area contributed by atoms with Crippen molar-refractivity contribution in [3.05, 3.63) is 0 Å². The van der Waals surface area contributed by atoms with E-state index in [1.807, 2.05) is 0 Å². The number of nitrogens with one attached hydrogen (secondary N) is 1. The zero-order valence-electron chi connectivity index (χ0n) is 10.7. The third-order valence-electron chi connectivity index (χ3n) is 3.81. The summed E-state index contributed by atoms with van der Waals surface area (Å²) in [4.78, 5) is 2.47. The molecule has 3 unspecified atom stereocenters. The normalized spacial score (nSPS) is 40.7. The Hall–Kier alpha value is 0.170. The van der Waals surface area contributed by atoms with Gasteiger partial charge in [-0.2, -0.15) is 0 Å². The summed E-state index contributed by atoms with van der Waals surface area (Å²) < 4.78 is 5.95. The largest absolute Gasteiger partial charge is 0.361 e. The minimum Gasteiger partial charge on any atom is -0.361 e. The summed E-state index contributed by atoms with van der Waals surface area (Å²) in [5, 5.41) is 3.54. The van der Waals surface area contributed by atoms with E-state index >= 15 is 0 Å². The second kappa shape index (κ2) is 5.67. The Bertz CT molecular complexity index is 217. The first-order valence-corrected chi connectivity index (χ1v) is 6.18. The van der Waals surface area contributed by atoms with Crippen LogP contribution in [0.5, 0.6) is 0 Å². The van der Waals surface area contributed by atoms with Crippen LogP contribution < -0.4 is 5.32 Å². The molecule has 0 aliphatic carbocycles. The van der Waals surface area contributed by atoms with Gasteiger partial charge in [0.2, 0.25) is 0 Å². The highest BCUT2D eigenvalue weighted by Gasteiger charge is 2.35. The Morgan fingerprint density at radius 2 is 2.25 bits per heavy atom. The zero-order valence-corrected chi connectivity index (χ0v) is 11.5. The van der Waals surface area contributed by atoms with E-state index in [0.717, 1.165) is 19.6 Å². The van der Waals surface area contributed by atoms with E-state index in [2.05, 4.69) is 31.1 Å². The van der Waals surface area contributed by atoms with Crippen molar-refractivity contribution in [1.29, 1.82) is 0 Å². The number of nitrogens with zero attached hydrogens (tertiary/aromatic N) is 1. The molecule has 0 aromatic carbocycles. The smallest absolute Gasteiger partial charge is 0.117 e. The molecule has 0 amide bonds. The van der Waals surface area contributed by atoms with Crippen molar-refractivity contribution in [1.82, 2.24) is 10.2 Å². The van der Waals surface area contributed by atoms with E-state index in [9.17, 15) is 0 Å². The minimum atomic E-state index is -0.0875. The molecule has 3 nitrogen and oxygen atoms in total. The highest BCUT2D eigenvalue weighted by Crippen LogP contribution is 2.27. The Morgan fingerprint density at radius 1 is 1.50 bits per heavy atom. The van der Waals surface area contributed by atoms with Crippen LogP contribution in [0.4, 0.5) is 0 Å². The molecular weight excluding hydrogens is 224 g/mol. The lowest BCUT2D eigenvalue weighted by molar-refractivity contribution is -0.113. The molecule has 3 atom stereocenters. The molecule has 0 radical (unpaired) electrons. The van der Waals surface area contributed by atoms with Crippen molar-refractivity contribution < 1.29 is 4.74 Å². The Balaban J connectivity index is 0.00000128. The van der Waals surface area contributed by atoms with Gasteiger partial charge in [-0.25, -0.2) is 0 Å². The fraction of sp³-hybridized carbons (Fsp3) is 1.00. The van der Waals surface area contributed by atoms with Crippen LogP contribution in [0, 0.1) is 5.92 Å². The number of halogens is 1. The molecule has 4 heteroatoms. The summed E-state index contributed by atoms with van der Waals surface area (Å²) in [7, 11) is 2.23. The van der Waals surface area contributed by atoms with Crippen LogP contribution >= 0.6 is 12.4 Å². The average molecular weight is 249 g/mol. The van der Waals surface area contributed by atoms with E-state index in [1.54, 1.807) is 0 Å². The molecule has 16 heavy (non-hydrogen) atoms. The van der Waals surface area contributed by atoms with Crippen LogP contribution in [0.1, 0.15) is 33.1 Å². The molecule has 96 valence electrons. The van der Waals surface area contributed by atoms with Crippen LogP contribution in [0.2, 0.25) is 0 Å². The lowest BCUT2D eigenvalue weighted by atomic mass is 10.00. The average Bonchev–Trinajstić information content (AvgIpc) is 2.58. The summed E-state index contributed by atoms with van der Waals surface area (Å²) >= 11 is 0. The van der Waals surface area contributed by atoms with Gasteiger partial charge in [0, 0.05) is 19.0 Å². The van der Waals surface area contributed by atoms with E-state index in [-0.39, 0.29) is 18.1 Å². The number of likely N-dealkylation sites (tertiary alicyclic amines) is 1. The van der Waals surface area contributed by atoms with Crippen molar-refractivity contribution in [3.63, 3.8) is 0 Å². The number of ether oxygens (including phenoxy) is 1.